The molecule has 0 heterocycles. The molecule has 2 unspecified atom stereocenters. The van der Waals surface area contributed by atoms with Crippen LogP contribution >= 0.6 is 0 Å². The molecule has 3 nitrogen and oxygen atoms in total. The molecule has 2 aliphatic carbocycles. The van der Waals surface area contributed by atoms with E-state index in [1.165, 1.54) is 44.9 Å². The smallest absolute Gasteiger partial charge is 0.314 e. The topological polar surface area (TPSA) is 50.1 Å². The van der Waals surface area contributed by atoms with Gasteiger partial charge in [-0.3, -0.25) is 4.79 Å². The number of carbonyl (C=O) groups is 1. The second-order valence-electron chi connectivity index (χ2n) is 7.42. The van der Waals surface area contributed by atoms with Crippen molar-refractivity contribution in [1.82, 2.24) is 0 Å². The first kappa shape index (κ1) is 17.0. The maximum atomic E-state index is 12.5. The molecule has 3 heteroatoms. The number of hydrogen-bond donors (Lipinski definition) is 0. The van der Waals surface area contributed by atoms with Gasteiger partial charge in [0.15, 0.2) is 0 Å². The molecule has 2 saturated carbocycles. The number of carbonyl (C=O) groups excluding carboxylic acids is 1. The van der Waals surface area contributed by atoms with E-state index in [0.29, 0.717) is 11.3 Å². The maximum absolute atomic E-state index is 12.5. The van der Waals surface area contributed by atoms with Gasteiger partial charge in [0.2, 0.25) is 0 Å². The lowest BCUT2D eigenvalue weighted by molar-refractivity contribution is -0.139. The Bertz CT molecular complexity index is 581. The minimum Gasteiger partial charge on any atom is -0.426 e. The fraction of sp³-hybridized carbons (Fsp3) is 0.619. The predicted molar refractivity (Wildman–Crippen MR) is 93.4 cm³/mol. The van der Waals surface area contributed by atoms with E-state index >= 15 is 0 Å². The first-order chi connectivity index (χ1) is 11.8. The first-order valence-electron chi connectivity index (χ1n) is 9.48. The first-order valence-corrected chi connectivity index (χ1v) is 9.48. The van der Waals surface area contributed by atoms with Crippen LogP contribution in [0.3, 0.4) is 0 Å². The summed E-state index contributed by atoms with van der Waals surface area (Å²) in [6.07, 6.45) is 12.5. The van der Waals surface area contributed by atoms with Gasteiger partial charge in [-0.1, -0.05) is 44.9 Å². The Morgan fingerprint density at radius 3 is 2.25 bits per heavy atom. The Kier molecular flexibility index (Phi) is 5.91. The van der Waals surface area contributed by atoms with E-state index in [9.17, 15) is 4.79 Å². The van der Waals surface area contributed by atoms with Crippen molar-refractivity contribution in [3.63, 3.8) is 0 Å². The molecule has 128 valence electrons. The molecule has 0 saturated heterocycles. The van der Waals surface area contributed by atoms with Crippen LogP contribution in [0.2, 0.25) is 0 Å². The molecule has 0 aliphatic heterocycles. The van der Waals surface area contributed by atoms with E-state index in [4.69, 9.17) is 10.00 Å². The van der Waals surface area contributed by atoms with Crippen LogP contribution < -0.4 is 4.74 Å². The summed E-state index contributed by atoms with van der Waals surface area (Å²) in [5, 5.41) is 8.82. The normalized spacial score (nSPS) is 25.5. The molecule has 2 atom stereocenters. The van der Waals surface area contributed by atoms with E-state index in [-0.39, 0.29) is 11.9 Å². The number of rotatable bonds is 3. The molecule has 0 amide bonds. The van der Waals surface area contributed by atoms with Crippen molar-refractivity contribution < 1.29 is 9.53 Å². The highest BCUT2D eigenvalue weighted by Gasteiger charge is 2.30. The highest BCUT2D eigenvalue weighted by molar-refractivity contribution is 5.75. The molecule has 0 spiro atoms. The zero-order valence-electron chi connectivity index (χ0n) is 14.4. The van der Waals surface area contributed by atoms with Gasteiger partial charge in [-0.2, -0.15) is 5.26 Å². The van der Waals surface area contributed by atoms with Gasteiger partial charge in [-0.15, -0.1) is 0 Å². The lowest BCUT2D eigenvalue weighted by Gasteiger charge is -2.29. The summed E-state index contributed by atoms with van der Waals surface area (Å²) in [6.45, 7) is 0. The average Bonchev–Trinajstić information content (AvgIpc) is 2.89. The number of nitrogens with zero attached hydrogens (tertiary/aromatic N) is 1. The van der Waals surface area contributed by atoms with Gasteiger partial charge >= 0.3 is 5.97 Å². The molecular weight excluding hydrogens is 298 g/mol. The standard InChI is InChI=1S/C21H27NO2/c22-15-16-9-13-20(14-10-16)24-21(23)19-8-4-7-18(11-12-19)17-5-2-1-3-6-17/h9-10,13-14,17-19H,1-8,11-12H2. The highest BCUT2D eigenvalue weighted by atomic mass is 16.5. The third kappa shape index (κ3) is 4.38. The van der Waals surface area contributed by atoms with E-state index in [2.05, 4.69) is 6.07 Å². The molecule has 0 bridgehead atoms. The third-order valence-corrected chi connectivity index (χ3v) is 5.87. The summed E-state index contributed by atoms with van der Waals surface area (Å²) >= 11 is 0. The minimum atomic E-state index is -0.0935. The second-order valence-corrected chi connectivity index (χ2v) is 7.42. The Morgan fingerprint density at radius 2 is 1.54 bits per heavy atom. The van der Waals surface area contributed by atoms with Gasteiger partial charge in [-0.05, 0) is 55.4 Å². The number of hydrogen-bond acceptors (Lipinski definition) is 3. The number of esters is 1. The van der Waals surface area contributed by atoms with Crippen LogP contribution in [0.4, 0.5) is 0 Å². The zero-order valence-corrected chi connectivity index (χ0v) is 14.4. The van der Waals surface area contributed by atoms with Crippen molar-refractivity contribution >= 4 is 5.97 Å². The fourth-order valence-corrected chi connectivity index (χ4v) is 4.44. The van der Waals surface area contributed by atoms with Gasteiger partial charge < -0.3 is 4.74 Å². The lowest BCUT2D eigenvalue weighted by atomic mass is 9.77. The van der Waals surface area contributed by atoms with Crippen molar-refractivity contribution in [3.05, 3.63) is 29.8 Å². The van der Waals surface area contributed by atoms with E-state index in [1.54, 1.807) is 24.3 Å². The lowest BCUT2D eigenvalue weighted by Crippen LogP contribution is -2.21. The molecule has 2 fully saturated rings. The molecule has 0 N–H and O–H groups in total. The summed E-state index contributed by atoms with van der Waals surface area (Å²) in [6, 6.07) is 8.87. The van der Waals surface area contributed by atoms with Gasteiger partial charge in [0.05, 0.1) is 17.6 Å². The summed E-state index contributed by atoms with van der Waals surface area (Å²) < 4.78 is 5.54. The van der Waals surface area contributed by atoms with Crippen LogP contribution in [-0.2, 0) is 4.79 Å². The Balaban J connectivity index is 1.52. The Labute approximate surface area is 145 Å². The van der Waals surface area contributed by atoms with Crippen LogP contribution in [0.1, 0.15) is 69.8 Å². The van der Waals surface area contributed by atoms with Gasteiger partial charge in [0.1, 0.15) is 5.75 Å². The third-order valence-electron chi connectivity index (χ3n) is 5.87. The average molecular weight is 325 g/mol. The van der Waals surface area contributed by atoms with E-state index < -0.39 is 0 Å². The predicted octanol–water partition coefficient (Wildman–Crippen LogP) is 5.24. The van der Waals surface area contributed by atoms with Crippen LogP contribution in [0.15, 0.2) is 24.3 Å². The Hall–Kier alpha value is -1.82. The van der Waals surface area contributed by atoms with Crippen LogP contribution in [0, 0.1) is 29.1 Å². The van der Waals surface area contributed by atoms with Crippen molar-refractivity contribution in [2.24, 2.45) is 17.8 Å². The monoisotopic (exact) mass is 325 g/mol. The van der Waals surface area contributed by atoms with Crippen molar-refractivity contribution in [1.29, 1.82) is 5.26 Å². The summed E-state index contributed by atoms with van der Waals surface area (Å²) in [5.41, 5.74) is 0.583. The number of nitriles is 1. The van der Waals surface area contributed by atoms with Crippen molar-refractivity contribution in [2.75, 3.05) is 0 Å². The SMILES string of the molecule is N#Cc1ccc(OC(=O)C2CCCC(C3CCCCC3)CC2)cc1. The number of benzene rings is 1. The summed E-state index contributed by atoms with van der Waals surface area (Å²) in [7, 11) is 0. The molecule has 24 heavy (non-hydrogen) atoms. The molecule has 0 radical (unpaired) electrons. The van der Waals surface area contributed by atoms with Crippen LogP contribution in [-0.4, -0.2) is 5.97 Å². The van der Waals surface area contributed by atoms with Crippen molar-refractivity contribution in [2.45, 2.75) is 64.2 Å². The molecule has 2 aliphatic rings. The molecule has 1 aromatic carbocycles. The fourth-order valence-electron chi connectivity index (χ4n) is 4.44. The zero-order chi connectivity index (χ0) is 16.8. The van der Waals surface area contributed by atoms with Crippen molar-refractivity contribution in [3.8, 4) is 11.8 Å². The van der Waals surface area contributed by atoms with Crippen LogP contribution in [0.5, 0.6) is 5.75 Å². The van der Waals surface area contributed by atoms with Gasteiger partial charge in [-0.25, -0.2) is 0 Å². The second kappa shape index (κ2) is 8.33. The summed E-state index contributed by atoms with van der Waals surface area (Å²) in [5.74, 6) is 2.20. The quantitative estimate of drug-likeness (QED) is 0.434. The van der Waals surface area contributed by atoms with Crippen LogP contribution in [0.25, 0.3) is 0 Å². The molecule has 0 aromatic heterocycles. The summed E-state index contributed by atoms with van der Waals surface area (Å²) in [4.78, 5) is 12.5. The van der Waals surface area contributed by atoms with E-state index in [1.807, 2.05) is 0 Å². The van der Waals surface area contributed by atoms with Gasteiger partial charge in [0.25, 0.3) is 0 Å². The molecule has 3 rings (SSSR count). The maximum Gasteiger partial charge on any atom is 0.314 e. The number of ether oxygens (including phenoxy) is 1. The highest BCUT2D eigenvalue weighted by Crippen LogP contribution is 2.39. The largest absolute Gasteiger partial charge is 0.426 e. The van der Waals surface area contributed by atoms with Gasteiger partial charge in [0, 0.05) is 0 Å². The van der Waals surface area contributed by atoms with E-state index in [0.717, 1.165) is 31.1 Å². The molecular formula is C21H27NO2. The molecule has 1 aromatic rings. The Morgan fingerprint density at radius 1 is 0.875 bits per heavy atom. The minimum absolute atomic E-state index is 0.0363.